The standard InChI is InChI=1S/C15H23BO3/c1-11-4-12(2)19-16(18-11)8-13-5-14(9-16)7-15(6-13)10-17-3/h4,6,13-14H,5,7-10H2,1-3H3. The molecule has 4 heteroatoms. The predicted octanol–water partition coefficient (Wildman–Crippen LogP) is 3.10. The van der Waals surface area contributed by atoms with E-state index in [0.717, 1.165) is 37.2 Å². The molecule has 3 rings (SSSR count). The highest BCUT2D eigenvalue weighted by molar-refractivity contribution is 6.66. The van der Waals surface area contributed by atoms with Crippen LogP contribution in [-0.4, -0.2) is 26.1 Å². The summed E-state index contributed by atoms with van der Waals surface area (Å²) in [4.78, 5) is 0. The van der Waals surface area contributed by atoms with Crippen molar-refractivity contribution in [3.8, 4) is 0 Å². The number of methoxy groups -OCH3 is 1. The lowest BCUT2D eigenvalue weighted by atomic mass is 9.41. The van der Waals surface area contributed by atoms with E-state index in [1.165, 1.54) is 12.0 Å². The van der Waals surface area contributed by atoms with Crippen LogP contribution in [0.25, 0.3) is 0 Å². The van der Waals surface area contributed by atoms with Crippen molar-refractivity contribution >= 4 is 12.3 Å². The van der Waals surface area contributed by atoms with E-state index in [-0.39, 0.29) is 0 Å². The molecule has 2 bridgehead atoms. The van der Waals surface area contributed by atoms with Crippen LogP contribution in [0.5, 0.6) is 0 Å². The number of rotatable bonds is 2. The van der Waals surface area contributed by atoms with Crippen molar-refractivity contribution in [2.75, 3.05) is 13.7 Å². The number of hydrogen-bond donors (Lipinski definition) is 0. The molecular weight excluding hydrogens is 239 g/mol. The number of ketones is 1. The maximum absolute atomic E-state index is 6.14. The van der Waals surface area contributed by atoms with Crippen molar-refractivity contribution in [2.24, 2.45) is 11.8 Å². The smallest absolute Gasteiger partial charge is 0.591 e. The molecular formula is C15H23BO3. The van der Waals surface area contributed by atoms with E-state index < -0.39 is 6.55 Å². The molecule has 3 atom stereocenters. The van der Waals surface area contributed by atoms with E-state index in [1.54, 1.807) is 7.11 Å². The minimum Gasteiger partial charge on any atom is -0.637 e. The summed E-state index contributed by atoms with van der Waals surface area (Å²) in [7, 11) is 1.77. The zero-order valence-electron chi connectivity index (χ0n) is 12.1. The van der Waals surface area contributed by atoms with Crippen LogP contribution in [0.4, 0.5) is 0 Å². The third-order valence-corrected chi connectivity index (χ3v) is 4.55. The van der Waals surface area contributed by atoms with Gasteiger partial charge in [-0.1, -0.05) is 12.0 Å². The summed E-state index contributed by atoms with van der Waals surface area (Å²) in [6.07, 6.45) is 8.89. The van der Waals surface area contributed by atoms with Crippen LogP contribution >= 0.6 is 0 Å². The largest absolute Gasteiger partial charge is 0.637 e. The second-order valence-corrected chi connectivity index (χ2v) is 6.45. The average Bonchev–Trinajstić information content (AvgIpc) is 2.25. The number of fused-ring (bicyclic) bond motifs is 2. The van der Waals surface area contributed by atoms with Gasteiger partial charge in [0.15, 0.2) is 0 Å². The van der Waals surface area contributed by atoms with Crippen LogP contribution in [0.3, 0.4) is 0 Å². The molecule has 1 spiro atoms. The summed E-state index contributed by atoms with van der Waals surface area (Å²) >= 11 is 0. The van der Waals surface area contributed by atoms with Crippen molar-refractivity contribution in [2.45, 2.75) is 39.3 Å². The van der Waals surface area contributed by atoms with E-state index >= 15 is 0 Å². The first-order valence-corrected chi connectivity index (χ1v) is 7.34. The van der Waals surface area contributed by atoms with Crippen molar-refractivity contribution in [1.82, 2.24) is 0 Å². The molecule has 0 saturated carbocycles. The monoisotopic (exact) mass is 262 g/mol. The summed E-state index contributed by atoms with van der Waals surface area (Å²) < 4.78 is 17.6. The average molecular weight is 262 g/mol. The minimum atomic E-state index is -1.14. The molecule has 0 amide bonds. The fraction of sp³-hybridized carbons (Fsp3) is 0.667. The fourth-order valence-corrected chi connectivity index (χ4v) is 4.30. The first kappa shape index (κ1) is 13.0. The second kappa shape index (κ2) is 4.82. The molecule has 1 fully saturated rings. The quantitative estimate of drug-likeness (QED) is 0.435. The Hall–Kier alpha value is -1.03. The van der Waals surface area contributed by atoms with Crippen LogP contribution in [0.15, 0.2) is 23.5 Å². The molecule has 19 heavy (non-hydrogen) atoms. The molecule has 1 saturated heterocycles. The Bertz CT molecular complexity index is 466. The Labute approximate surface area is 115 Å². The third-order valence-electron chi connectivity index (χ3n) is 4.55. The van der Waals surface area contributed by atoms with Crippen molar-refractivity contribution in [3.63, 3.8) is 0 Å². The van der Waals surface area contributed by atoms with Gasteiger partial charge in [0.05, 0.1) is 18.4 Å². The zero-order chi connectivity index (χ0) is 13.5. The Kier molecular flexibility index (Phi) is 3.29. The molecule has 2 aliphatic heterocycles. The molecule has 2 heterocycles. The van der Waals surface area contributed by atoms with Gasteiger partial charge in [-0.05, 0) is 43.9 Å². The van der Waals surface area contributed by atoms with Gasteiger partial charge in [-0.3, -0.25) is 0 Å². The Morgan fingerprint density at radius 2 is 2.26 bits per heavy atom. The number of hydrogen-bond acceptors (Lipinski definition) is 2. The summed E-state index contributed by atoms with van der Waals surface area (Å²) in [5.74, 6) is 3.29. The predicted molar refractivity (Wildman–Crippen MR) is 77.1 cm³/mol. The van der Waals surface area contributed by atoms with Gasteiger partial charge < -0.3 is 13.7 Å². The van der Waals surface area contributed by atoms with Crippen LogP contribution in [0, 0.1) is 11.8 Å². The molecule has 0 N–H and O–H groups in total. The molecule has 3 nitrogen and oxygen atoms in total. The van der Waals surface area contributed by atoms with Gasteiger partial charge in [0, 0.05) is 14.0 Å². The van der Waals surface area contributed by atoms with Gasteiger partial charge in [0.1, 0.15) is 0 Å². The Balaban J connectivity index is 1.82. The van der Waals surface area contributed by atoms with Crippen molar-refractivity contribution < 1.29 is 13.7 Å². The SMILES string of the molecule is COCC1=CC2CC(C1)C[B-]1(C2)OC(C)=CC(C)=[O+]1. The van der Waals surface area contributed by atoms with E-state index in [9.17, 15) is 0 Å². The molecule has 0 aromatic heterocycles. The van der Waals surface area contributed by atoms with Crippen LogP contribution in [0.2, 0.25) is 12.6 Å². The number of carbonyl (C=O) groups excluding carboxylic acids is 1. The normalized spacial score (nSPS) is 37.3. The van der Waals surface area contributed by atoms with Crippen LogP contribution in [-0.2, 0) is 13.7 Å². The van der Waals surface area contributed by atoms with E-state index in [2.05, 4.69) is 6.08 Å². The second-order valence-electron chi connectivity index (χ2n) is 6.45. The molecule has 3 unspecified atom stereocenters. The lowest BCUT2D eigenvalue weighted by Gasteiger charge is -2.43. The summed E-state index contributed by atoms with van der Waals surface area (Å²) in [6, 6.07) is 0. The van der Waals surface area contributed by atoms with Gasteiger partial charge in [0.25, 0.3) is 0 Å². The highest BCUT2D eigenvalue weighted by atomic mass is 16.6. The van der Waals surface area contributed by atoms with Gasteiger partial charge in [-0.15, -0.1) is 0 Å². The topological polar surface area (TPSA) is 29.8 Å². The first-order valence-electron chi connectivity index (χ1n) is 7.34. The Morgan fingerprint density at radius 3 is 2.95 bits per heavy atom. The Morgan fingerprint density at radius 1 is 1.42 bits per heavy atom. The molecule has 104 valence electrons. The maximum atomic E-state index is 6.14. The fourth-order valence-electron chi connectivity index (χ4n) is 4.30. The third kappa shape index (κ3) is 2.64. The minimum absolute atomic E-state index is 0.594. The van der Waals surface area contributed by atoms with Gasteiger partial charge in [-0.2, -0.15) is 0 Å². The molecule has 0 aromatic carbocycles. The molecule has 1 aliphatic carbocycles. The van der Waals surface area contributed by atoms with Crippen LogP contribution in [0.1, 0.15) is 26.7 Å². The highest BCUT2D eigenvalue weighted by Crippen LogP contribution is 2.45. The zero-order valence-corrected chi connectivity index (χ0v) is 12.1. The maximum Gasteiger partial charge on any atom is 0.591 e. The number of allylic oxidation sites excluding steroid dienone is 3. The highest BCUT2D eigenvalue weighted by Gasteiger charge is 2.53. The van der Waals surface area contributed by atoms with Crippen molar-refractivity contribution in [3.05, 3.63) is 23.5 Å². The van der Waals surface area contributed by atoms with E-state index in [4.69, 9.17) is 13.7 Å². The molecule has 3 aliphatic rings. The van der Waals surface area contributed by atoms with Crippen molar-refractivity contribution in [1.29, 1.82) is 0 Å². The lowest BCUT2D eigenvalue weighted by molar-refractivity contribution is -0.337. The molecule has 0 aromatic rings. The van der Waals surface area contributed by atoms with Gasteiger partial charge in [0.2, 0.25) is 5.78 Å². The lowest BCUT2D eigenvalue weighted by Crippen LogP contribution is -2.49. The van der Waals surface area contributed by atoms with E-state index in [0.29, 0.717) is 11.8 Å². The molecule has 0 radical (unpaired) electrons. The summed E-state index contributed by atoms with van der Waals surface area (Å²) in [6.45, 7) is 3.70. The number of ether oxygens (including phenoxy) is 1. The van der Waals surface area contributed by atoms with Gasteiger partial charge >= 0.3 is 6.55 Å². The van der Waals surface area contributed by atoms with Crippen LogP contribution < -0.4 is 0 Å². The van der Waals surface area contributed by atoms with Gasteiger partial charge in [-0.25, -0.2) is 0 Å². The summed E-state index contributed by atoms with van der Waals surface area (Å²) in [5, 5.41) is 0. The van der Waals surface area contributed by atoms with E-state index in [1.807, 2.05) is 19.9 Å². The first-order chi connectivity index (χ1) is 9.08. The summed E-state index contributed by atoms with van der Waals surface area (Å²) in [5.41, 5.74) is 1.46.